The van der Waals surface area contributed by atoms with Gasteiger partial charge in [0.15, 0.2) is 0 Å². The van der Waals surface area contributed by atoms with E-state index >= 15 is 0 Å². The molecular weight excluding hydrogens is 266 g/mol. The SMILES string of the molecule is [2H]CCCC(=O)N[C@@H](CC(N)=O)C(=O)N[C@@H](C)C(=O)OC. The van der Waals surface area contributed by atoms with Crippen LogP contribution in [0.2, 0.25) is 0 Å². The van der Waals surface area contributed by atoms with Gasteiger partial charge < -0.3 is 21.1 Å². The summed E-state index contributed by atoms with van der Waals surface area (Å²) >= 11 is 0. The van der Waals surface area contributed by atoms with Crippen LogP contribution in [0.15, 0.2) is 0 Å². The van der Waals surface area contributed by atoms with E-state index in [1.165, 1.54) is 14.0 Å². The van der Waals surface area contributed by atoms with Gasteiger partial charge in [-0.1, -0.05) is 6.90 Å². The summed E-state index contributed by atoms with van der Waals surface area (Å²) in [6, 6.07) is -2.07. The Morgan fingerprint density at radius 1 is 1.30 bits per heavy atom. The third-order valence-corrected chi connectivity index (χ3v) is 2.37. The number of carbonyl (C=O) groups is 4. The molecular formula is C12H21N3O5. The summed E-state index contributed by atoms with van der Waals surface area (Å²) in [7, 11) is 1.18. The average molecular weight is 288 g/mol. The van der Waals surface area contributed by atoms with Crippen LogP contribution in [0.1, 0.15) is 34.5 Å². The van der Waals surface area contributed by atoms with Gasteiger partial charge in [-0.2, -0.15) is 0 Å². The van der Waals surface area contributed by atoms with E-state index in [0.29, 0.717) is 6.42 Å². The van der Waals surface area contributed by atoms with Crippen LogP contribution in [-0.2, 0) is 23.9 Å². The van der Waals surface area contributed by atoms with Gasteiger partial charge in [0.05, 0.1) is 13.5 Å². The van der Waals surface area contributed by atoms with Gasteiger partial charge in [0.25, 0.3) is 0 Å². The fraction of sp³-hybridized carbons (Fsp3) is 0.667. The summed E-state index contributed by atoms with van der Waals surface area (Å²) in [6.45, 7) is 1.49. The van der Waals surface area contributed by atoms with E-state index in [1.54, 1.807) is 0 Å². The Morgan fingerprint density at radius 2 is 1.95 bits per heavy atom. The summed E-state index contributed by atoms with van der Waals surface area (Å²) in [5, 5.41) is 4.68. The van der Waals surface area contributed by atoms with E-state index in [1.807, 2.05) is 0 Å². The number of rotatable bonds is 8. The number of primary amides is 1. The zero-order chi connectivity index (χ0) is 16.4. The first-order valence-corrected chi connectivity index (χ1v) is 6.06. The standard InChI is InChI=1S/C12H21N3O5/c1-4-5-10(17)15-8(6-9(13)16)11(18)14-7(2)12(19)20-3/h7-8H,4-6H2,1-3H3,(H2,13,16)(H,14,18)(H,15,17)/t7-,8-/m0/s1/i1D. The van der Waals surface area contributed by atoms with Gasteiger partial charge >= 0.3 is 5.97 Å². The van der Waals surface area contributed by atoms with Crippen molar-refractivity contribution in [3.05, 3.63) is 0 Å². The van der Waals surface area contributed by atoms with Crippen molar-refractivity contribution in [1.29, 1.82) is 0 Å². The lowest BCUT2D eigenvalue weighted by Crippen LogP contribution is -2.52. The van der Waals surface area contributed by atoms with Gasteiger partial charge in [-0.3, -0.25) is 14.4 Å². The molecule has 0 spiro atoms. The number of hydrogen-bond acceptors (Lipinski definition) is 5. The van der Waals surface area contributed by atoms with E-state index in [9.17, 15) is 19.2 Å². The van der Waals surface area contributed by atoms with Gasteiger partial charge in [-0.05, 0) is 13.3 Å². The molecule has 0 bridgehead atoms. The Hall–Kier alpha value is -2.12. The van der Waals surface area contributed by atoms with Gasteiger partial charge in [-0.15, -0.1) is 0 Å². The van der Waals surface area contributed by atoms with Crippen LogP contribution in [0.4, 0.5) is 0 Å². The van der Waals surface area contributed by atoms with Gasteiger partial charge in [-0.25, -0.2) is 4.79 Å². The van der Waals surface area contributed by atoms with E-state index in [2.05, 4.69) is 15.4 Å². The number of carbonyl (C=O) groups excluding carboxylic acids is 4. The molecule has 4 N–H and O–H groups in total. The van der Waals surface area contributed by atoms with Crippen LogP contribution in [0.3, 0.4) is 0 Å². The van der Waals surface area contributed by atoms with Crippen LogP contribution >= 0.6 is 0 Å². The Balaban J connectivity index is 4.65. The molecule has 20 heavy (non-hydrogen) atoms. The zero-order valence-electron chi connectivity index (χ0n) is 12.6. The number of esters is 1. The normalized spacial score (nSPS) is 13.6. The maximum atomic E-state index is 11.9. The largest absolute Gasteiger partial charge is 0.467 e. The monoisotopic (exact) mass is 288 g/mol. The minimum absolute atomic E-state index is 0.0681. The first kappa shape index (κ1) is 15.9. The molecule has 3 amide bonds. The highest BCUT2D eigenvalue weighted by Gasteiger charge is 2.25. The molecule has 8 heteroatoms. The second-order valence-electron chi connectivity index (χ2n) is 4.15. The predicted octanol–water partition coefficient (Wildman–Crippen LogP) is -1.18. The maximum absolute atomic E-state index is 11.9. The molecule has 0 aliphatic heterocycles. The molecule has 0 rings (SSSR count). The third kappa shape index (κ3) is 6.72. The van der Waals surface area contributed by atoms with Crippen LogP contribution in [0, 0.1) is 0 Å². The Labute approximate surface area is 118 Å². The molecule has 0 heterocycles. The lowest BCUT2D eigenvalue weighted by Gasteiger charge is -2.19. The number of methoxy groups -OCH3 is 1. The van der Waals surface area contributed by atoms with E-state index in [4.69, 9.17) is 7.10 Å². The molecule has 2 atom stereocenters. The minimum atomic E-state index is -1.16. The van der Waals surface area contributed by atoms with E-state index in [-0.39, 0.29) is 19.7 Å². The number of amides is 3. The summed E-state index contributed by atoms with van der Waals surface area (Å²) < 4.78 is 11.4. The summed E-state index contributed by atoms with van der Waals surface area (Å²) in [4.78, 5) is 45.7. The Kier molecular flexibility index (Phi) is 7.08. The average Bonchev–Trinajstić information content (AvgIpc) is 2.42. The van der Waals surface area contributed by atoms with Crippen molar-refractivity contribution < 1.29 is 25.3 Å². The maximum Gasteiger partial charge on any atom is 0.328 e. The molecule has 0 aliphatic rings. The van der Waals surface area contributed by atoms with Crippen molar-refractivity contribution in [1.82, 2.24) is 10.6 Å². The van der Waals surface area contributed by atoms with Crippen molar-refractivity contribution in [2.75, 3.05) is 7.11 Å². The number of ether oxygens (including phenoxy) is 1. The van der Waals surface area contributed by atoms with Crippen molar-refractivity contribution in [2.24, 2.45) is 5.73 Å². The Morgan fingerprint density at radius 3 is 2.45 bits per heavy atom. The van der Waals surface area contributed by atoms with Crippen molar-refractivity contribution in [3.8, 4) is 0 Å². The Bertz CT molecular complexity index is 402. The molecule has 0 radical (unpaired) electrons. The lowest BCUT2D eigenvalue weighted by molar-refractivity contribution is -0.144. The summed E-state index contributed by atoms with van der Waals surface area (Å²) in [5.74, 6) is -2.58. The highest BCUT2D eigenvalue weighted by Crippen LogP contribution is 1.97. The van der Waals surface area contributed by atoms with Crippen LogP contribution in [0.25, 0.3) is 0 Å². The number of hydrogen-bond donors (Lipinski definition) is 3. The first-order valence-electron chi connectivity index (χ1n) is 6.77. The van der Waals surface area contributed by atoms with E-state index < -0.39 is 35.8 Å². The van der Waals surface area contributed by atoms with Gasteiger partial charge in [0.2, 0.25) is 17.7 Å². The fourth-order valence-electron chi connectivity index (χ4n) is 1.39. The van der Waals surface area contributed by atoms with Gasteiger partial charge in [0, 0.05) is 7.79 Å². The van der Waals surface area contributed by atoms with Gasteiger partial charge in [0.1, 0.15) is 12.1 Å². The highest BCUT2D eigenvalue weighted by atomic mass is 16.5. The highest BCUT2D eigenvalue weighted by molar-refractivity contribution is 5.93. The molecule has 0 aromatic heterocycles. The molecule has 0 aromatic carbocycles. The van der Waals surface area contributed by atoms with Crippen LogP contribution in [-0.4, -0.2) is 42.9 Å². The molecule has 114 valence electrons. The number of nitrogens with one attached hydrogen (secondary N) is 2. The first-order chi connectivity index (χ1) is 9.81. The smallest absolute Gasteiger partial charge is 0.328 e. The second kappa shape index (κ2) is 8.89. The lowest BCUT2D eigenvalue weighted by atomic mass is 10.1. The second-order valence-corrected chi connectivity index (χ2v) is 4.15. The third-order valence-electron chi connectivity index (χ3n) is 2.37. The topological polar surface area (TPSA) is 128 Å². The molecule has 0 fully saturated rings. The molecule has 0 saturated carbocycles. The molecule has 0 unspecified atom stereocenters. The van der Waals surface area contributed by atoms with Crippen molar-refractivity contribution >= 4 is 23.7 Å². The van der Waals surface area contributed by atoms with Crippen LogP contribution < -0.4 is 16.4 Å². The fourth-order valence-corrected chi connectivity index (χ4v) is 1.39. The van der Waals surface area contributed by atoms with Crippen molar-refractivity contribution in [3.63, 3.8) is 0 Å². The molecule has 0 aromatic rings. The molecule has 0 aliphatic carbocycles. The predicted molar refractivity (Wildman–Crippen MR) is 70.3 cm³/mol. The van der Waals surface area contributed by atoms with Crippen LogP contribution in [0.5, 0.6) is 0 Å². The number of nitrogens with two attached hydrogens (primary N) is 1. The van der Waals surface area contributed by atoms with Crippen molar-refractivity contribution in [2.45, 2.75) is 45.2 Å². The quantitative estimate of drug-likeness (QED) is 0.485. The van der Waals surface area contributed by atoms with E-state index in [0.717, 1.165) is 0 Å². The summed E-state index contributed by atoms with van der Waals surface area (Å²) in [5.41, 5.74) is 5.03. The molecule has 8 nitrogen and oxygen atoms in total. The minimum Gasteiger partial charge on any atom is -0.467 e. The summed E-state index contributed by atoms with van der Waals surface area (Å²) in [6.07, 6.45) is 0.0280. The zero-order valence-corrected chi connectivity index (χ0v) is 11.6. The molecule has 0 saturated heterocycles.